The maximum absolute atomic E-state index is 11.9. The fourth-order valence-corrected chi connectivity index (χ4v) is 2.30. The number of hydrogen-bond acceptors (Lipinski definition) is 5. The largest absolute Gasteiger partial charge is 0.339 e. The number of aromatic nitrogens is 2. The van der Waals surface area contributed by atoms with E-state index in [1.165, 1.54) is 13.4 Å². The van der Waals surface area contributed by atoms with Crippen LogP contribution in [-0.2, 0) is 0 Å². The molecule has 100 valence electrons. The third-order valence-corrected chi connectivity index (χ3v) is 3.60. The quantitative estimate of drug-likeness (QED) is 0.853. The van der Waals surface area contributed by atoms with Crippen LogP contribution in [0, 0.1) is 0 Å². The SMILES string of the molecule is CN1C(=O)c2ccc(Nc3ncncc3Br)cc2C1=O. The summed E-state index contributed by atoms with van der Waals surface area (Å²) in [5, 5.41) is 3.07. The van der Waals surface area contributed by atoms with Crippen molar-refractivity contribution < 1.29 is 9.59 Å². The van der Waals surface area contributed by atoms with Gasteiger partial charge in [-0.3, -0.25) is 14.5 Å². The molecule has 2 heterocycles. The van der Waals surface area contributed by atoms with E-state index in [-0.39, 0.29) is 11.8 Å². The smallest absolute Gasteiger partial charge is 0.261 e. The van der Waals surface area contributed by atoms with Crippen molar-refractivity contribution in [1.82, 2.24) is 14.9 Å². The molecule has 1 aromatic heterocycles. The van der Waals surface area contributed by atoms with Crippen LogP contribution in [0.15, 0.2) is 35.2 Å². The van der Waals surface area contributed by atoms with Gasteiger partial charge in [-0.15, -0.1) is 0 Å². The Bertz CT molecular complexity index is 732. The van der Waals surface area contributed by atoms with Gasteiger partial charge < -0.3 is 5.32 Å². The van der Waals surface area contributed by atoms with Gasteiger partial charge in [0.1, 0.15) is 12.1 Å². The molecule has 3 rings (SSSR count). The van der Waals surface area contributed by atoms with Gasteiger partial charge in [0.25, 0.3) is 11.8 Å². The number of amides is 2. The fourth-order valence-electron chi connectivity index (χ4n) is 1.98. The van der Waals surface area contributed by atoms with E-state index in [1.54, 1.807) is 24.4 Å². The molecule has 2 aromatic rings. The first-order valence-corrected chi connectivity index (χ1v) is 6.56. The number of hydrogen-bond donors (Lipinski definition) is 1. The van der Waals surface area contributed by atoms with Crippen molar-refractivity contribution in [3.8, 4) is 0 Å². The molecule has 7 heteroatoms. The van der Waals surface area contributed by atoms with Crippen molar-refractivity contribution >= 4 is 39.2 Å². The monoisotopic (exact) mass is 332 g/mol. The molecule has 2 amide bonds. The second kappa shape index (κ2) is 4.68. The topological polar surface area (TPSA) is 75.2 Å². The first kappa shape index (κ1) is 12.7. The molecule has 20 heavy (non-hydrogen) atoms. The lowest BCUT2D eigenvalue weighted by Gasteiger charge is -2.07. The number of halogens is 1. The van der Waals surface area contributed by atoms with Crippen molar-refractivity contribution in [2.24, 2.45) is 0 Å². The van der Waals surface area contributed by atoms with E-state index in [9.17, 15) is 9.59 Å². The van der Waals surface area contributed by atoms with Crippen LogP contribution in [0.4, 0.5) is 11.5 Å². The number of fused-ring (bicyclic) bond motifs is 1. The first-order valence-electron chi connectivity index (χ1n) is 5.77. The minimum Gasteiger partial charge on any atom is -0.339 e. The second-order valence-corrected chi connectivity index (χ2v) is 5.13. The van der Waals surface area contributed by atoms with Gasteiger partial charge in [0.15, 0.2) is 0 Å². The summed E-state index contributed by atoms with van der Waals surface area (Å²) in [5.41, 5.74) is 1.50. The molecule has 1 N–H and O–H groups in total. The standard InChI is InChI=1S/C13H9BrN4O2/c1-18-12(19)8-3-2-7(4-9(8)13(18)20)17-11-10(14)5-15-6-16-11/h2-6H,1H3,(H,15,16,17). The molecule has 0 atom stereocenters. The molecule has 0 saturated carbocycles. The lowest BCUT2D eigenvalue weighted by molar-refractivity contribution is 0.0693. The molecule has 1 aliphatic heterocycles. The Morgan fingerprint density at radius 2 is 1.95 bits per heavy atom. The molecule has 0 radical (unpaired) electrons. The number of rotatable bonds is 2. The number of anilines is 2. The Kier molecular flexibility index (Phi) is 2.98. The predicted octanol–water partition coefficient (Wildman–Crippen LogP) is 2.21. The molecular formula is C13H9BrN4O2. The Hall–Kier alpha value is -2.28. The number of benzene rings is 1. The van der Waals surface area contributed by atoms with Crippen LogP contribution in [-0.4, -0.2) is 33.7 Å². The van der Waals surface area contributed by atoms with E-state index in [0.29, 0.717) is 27.1 Å². The van der Waals surface area contributed by atoms with Crippen LogP contribution >= 0.6 is 15.9 Å². The average molecular weight is 333 g/mol. The van der Waals surface area contributed by atoms with Gasteiger partial charge in [-0.1, -0.05) is 0 Å². The molecule has 0 fully saturated rings. The second-order valence-electron chi connectivity index (χ2n) is 4.27. The minimum atomic E-state index is -0.296. The summed E-state index contributed by atoms with van der Waals surface area (Å²) in [6, 6.07) is 5.02. The molecule has 1 aromatic carbocycles. The Morgan fingerprint density at radius 3 is 2.70 bits per heavy atom. The van der Waals surface area contributed by atoms with Gasteiger partial charge in [0.05, 0.1) is 15.6 Å². The van der Waals surface area contributed by atoms with Gasteiger partial charge in [-0.25, -0.2) is 9.97 Å². The molecular weight excluding hydrogens is 324 g/mol. The van der Waals surface area contributed by atoms with E-state index in [1.807, 2.05) is 0 Å². The van der Waals surface area contributed by atoms with E-state index in [2.05, 4.69) is 31.2 Å². The molecule has 0 aliphatic carbocycles. The lowest BCUT2D eigenvalue weighted by atomic mass is 10.1. The van der Waals surface area contributed by atoms with E-state index < -0.39 is 0 Å². The van der Waals surface area contributed by atoms with Crippen molar-refractivity contribution in [2.45, 2.75) is 0 Å². The Labute approximate surface area is 123 Å². The van der Waals surface area contributed by atoms with Crippen LogP contribution < -0.4 is 5.32 Å². The third-order valence-electron chi connectivity index (χ3n) is 3.02. The summed E-state index contributed by atoms with van der Waals surface area (Å²) >= 11 is 3.33. The number of imide groups is 1. The molecule has 6 nitrogen and oxygen atoms in total. The Morgan fingerprint density at radius 1 is 1.20 bits per heavy atom. The number of nitrogens with one attached hydrogen (secondary N) is 1. The molecule has 0 bridgehead atoms. The summed E-state index contributed by atoms with van der Waals surface area (Å²) in [4.78, 5) is 32.8. The van der Waals surface area contributed by atoms with Gasteiger partial charge in [0, 0.05) is 18.9 Å². The highest BCUT2D eigenvalue weighted by Gasteiger charge is 2.32. The Balaban J connectivity index is 1.97. The maximum Gasteiger partial charge on any atom is 0.261 e. The van der Waals surface area contributed by atoms with Gasteiger partial charge in [-0.2, -0.15) is 0 Å². The van der Waals surface area contributed by atoms with E-state index >= 15 is 0 Å². The van der Waals surface area contributed by atoms with Crippen LogP contribution in [0.3, 0.4) is 0 Å². The van der Waals surface area contributed by atoms with Crippen molar-refractivity contribution in [3.05, 3.63) is 46.3 Å². The van der Waals surface area contributed by atoms with Gasteiger partial charge >= 0.3 is 0 Å². The van der Waals surface area contributed by atoms with Crippen LogP contribution in [0.25, 0.3) is 0 Å². The molecule has 1 aliphatic rings. The summed E-state index contributed by atoms with van der Waals surface area (Å²) in [6.07, 6.45) is 3.04. The highest BCUT2D eigenvalue weighted by molar-refractivity contribution is 9.10. The van der Waals surface area contributed by atoms with E-state index in [0.717, 1.165) is 4.90 Å². The predicted molar refractivity (Wildman–Crippen MR) is 75.9 cm³/mol. The van der Waals surface area contributed by atoms with Crippen LogP contribution in [0.2, 0.25) is 0 Å². The highest BCUT2D eigenvalue weighted by atomic mass is 79.9. The highest BCUT2D eigenvalue weighted by Crippen LogP contribution is 2.27. The van der Waals surface area contributed by atoms with Gasteiger partial charge in [-0.05, 0) is 34.1 Å². The summed E-state index contributed by atoms with van der Waals surface area (Å²) in [6.45, 7) is 0. The van der Waals surface area contributed by atoms with E-state index in [4.69, 9.17) is 0 Å². The third kappa shape index (κ3) is 1.96. The minimum absolute atomic E-state index is 0.278. The van der Waals surface area contributed by atoms with Gasteiger partial charge in [0.2, 0.25) is 0 Å². The zero-order valence-electron chi connectivity index (χ0n) is 10.4. The lowest BCUT2D eigenvalue weighted by Crippen LogP contribution is -2.24. The number of carbonyl (C=O) groups excluding carboxylic acids is 2. The maximum atomic E-state index is 11.9. The zero-order valence-corrected chi connectivity index (χ0v) is 12.0. The average Bonchev–Trinajstić information content (AvgIpc) is 2.66. The summed E-state index contributed by atoms with van der Waals surface area (Å²) in [7, 11) is 1.47. The number of nitrogens with zero attached hydrogens (tertiary/aromatic N) is 3. The van der Waals surface area contributed by atoms with Crippen LogP contribution in [0.1, 0.15) is 20.7 Å². The first-order chi connectivity index (χ1) is 9.58. The normalized spacial score (nSPS) is 13.6. The number of carbonyl (C=O) groups is 2. The molecule has 0 saturated heterocycles. The van der Waals surface area contributed by atoms with Crippen molar-refractivity contribution in [1.29, 1.82) is 0 Å². The summed E-state index contributed by atoms with van der Waals surface area (Å²) < 4.78 is 0.708. The summed E-state index contributed by atoms with van der Waals surface area (Å²) in [5.74, 6) is 0.0141. The van der Waals surface area contributed by atoms with Crippen LogP contribution in [0.5, 0.6) is 0 Å². The van der Waals surface area contributed by atoms with Crippen molar-refractivity contribution in [3.63, 3.8) is 0 Å². The molecule has 0 spiro atoms. The zero-order chi connectivity index (χ0) is 14.3. The molecule has 0 unspecified atom stereocenters. The van der Waals surface area contributed by atoms with Crippen molar-refractivity contribution in [2.75, 3.05) is 12.4 Å². The fraction of sp³-hybridized carbons (Fsp3) is 0.0769.